The summed E-state index contributed by atoms with van der Waals surface area (Å²) in [6.45, 7) is 2.78. The third-order valence-corrected chi connectivity index (χ3v) is 2.53. The van der Waals surface area contributed by atoms with Crippen LogP contribution >= 0.6 is 11.6 Å². The molecular weight excluding hydrogens is 224 g/mol. The maximum absolute atomic E-state index is 11.6. The fourth-order valence-electron chi connectivity index (χ4n) is 1.41. The Hall–Kier alpha value is -1.06. The van der Waals surface area contributed by atoms with E-state index in [1.54, 1.807) is 6.07 Å². The second-order valence-corrected chi connectivity index (χ2v) is 4.15. The first-order chi connectivity index (χ1) is 7.63. The molecule has 16 heavy (non-hydrogen) atoms. The van der Waals surface area contributed by atoms with E-state index in [0.717, 1.165) is 24.2 Å². The zero-order valence-electron chi connectivity index (χ0n) is 9.64. The van der Waals surface area contributed by atoms with Crippen molar-refractivity contribution < 1.29 is 4.79 Å². The van der Waals surface area contributed by atoms with E-state index in [2.05, 4.69) is 10.6 Å². The van der Waals surface area contributed by atoms with Crippen LogP contribution in [0.5, 0.6) is 0 Å². The standard InChI is InChI=1S/C12H17ClN2O/c1-9-8-10(13)5-6-11(9)15-12(16)4-3-7-14-2/h5-6,8,14H,3-4,7H2,1-2H3,(H,15,16). The van der Waals surface area contributed by atoms with Gasteiger partial charge in [0.05, 0.1) is 0 Å². The number of amides is 1. The molecule has 0 heterocycles. The topological polar surface area (TPSA) is 41.1 Å². The molecule has 4 heteroatoms. The van der Waals surface area contributed by atoms with E-state index in [1.165, 1.54) is 0 Å². The van der Waals surface area contributed by atoms with Crippen molar-refractivity contribution >= 4 is 23.2 Å². The lowest BCUT2D eigenvalue weighted by Gasteiger charge is -2.08. The highest BCUT2D eigenvalue weighted by Gasteiger charge is 2.04. The lowest BCUT2D eigenvalue weighted by Crippen LogP contribution is -2.15. The van der Waals surface area contributed by atoms with Crippen LogP contribution in [0.15, 0.2) is 18.2 Å². The Kier molecular flexibility index (Phi) is 5.29. The molecule has 0 saturated heterocycles. The first-order valence-corrected chi connectivity index (χ1v) is 5.72. The smallest absolute Gasteiger partial charge is 0.224 e. The number of carbonyl (C=O) groups is 1. The van der Waals surface area contributed by atoms with Crippen LogP contribution in [0.2, 0.25) is 5.02 Å². The number of carbonyl (C=O) groups excluding carboxylic acids is 1. The molecule has 0 spiro atoms. The zero-order chi connectivity index (χ0) is 12.0. The van der Waals surface area contributed by atoms with Crippen LogP contribution in [0, 0.1) is 6.92 Å². The molecule has 0 radical (unpaired) electrons. The second-order valence-electron chi connectivity index (χ2n) is 3.71. The summed E-state index contributed by atoms with van der Waals surface area (Å²) in [7, 11) is 1.88. The van der Waals surface area contributed by atoms with Gasteiger partial charge in [0.15, 0.2) is 0 Å². The average Bonchev–Trinajstić information content (AvgIpc) is 2.23. The van der Waals surface area contributed by atoms with Gasteiger partial charge in [0.1, 0.15) is 0 Å². The predicted molar refractivity (Wildman–Crippen MR) is 68.0 cm³/mol. The Morgan fingerprint density at radius 3 is 2.81 bits per heavy atom. The molecule has 88 valence electrons. The first-order valence-electron chi connectivity index (χ1n) is 5.34. The van der Waals surface area contributed by atoms with E-state index >= 15 is 0 Å². The highest BCUT2D eigenvalue weighted by Crippen LogP contribution is 2.19. The molecule has 0 atom stereocenters. The third-order valence-electron chi connectivity index (χ3n) is 2.29. The van der Waals surface area contributed by atoms with Crippen LogP contribution in [0.3, 0.4) is 0 Å². The zero-order valence-corrected chi connectivity index (χ0v) is 10.4. The van der Waals surface area contributed by atoms with E-state index in [4.69, 9.17) is 11.6 Å². The fourth-order valence-corrected chi connectivity index (χ4v) is 1.63. The van der Waals surface area contributed by atoms with E-state index in [-0.39, 0.29) is 5.91 Å². The summed E-state index contributed by atoms with van der Waals surface area (Å²) >= 11 is 5.83. The quantitative estimate of drug-likeness (QED) is 0.777. The van der Waals surface area contributed by atoms with Gasteiger partial charge in [-0.05, 0) is 50.7 Å². The second kappa shape index (κ2) is 6.51. The number of hydrogen-bond acceptors (Lipinski definition) is 2. The molecule has 2 N–H and O–H groups in total. The number of hydrogen-bond donors (Lipinski definition) is 2. The van der Waals surface area contributed by atoms with Gasteiger partial charge in [-0.2, -0.15) is 0 Å². The minimum absolute atomic E-state index is 0.0423. The van der Waals surface area contributed by atoms with Crippen LogP contribution in [0.1, 0.15) is 18.4 Å². The fraction of sp³-hybridized carbons (Fsp3) is 0.417. The van der Waals surface area contributed by atoms with Crippen LogP contribution in [0.4, 0.5) is 5.69 Å². The normalized spacial score (nSPS) is 10.2. The summed E-state index contributed by atoms with van der Waals surface area (Å²) in [6.07, 6.45) is 1.37. The van der Waals surface area contributed by atoms with Gasteiger partial charge in [0.2, 0.25) is 5.91 Å². The van der Waals surface area contributed by atoms with Crippen molar-refractivity contribution in [3.05, 3.63) is 28.8 Å². The van der Waals surface area contributed by atoms with Gasteiger partial charge >= 0.3 is 0 Å². The van der Waals surface area contributed by atoms with Crippen LogP contribution in [-0.4, -0.2) is 19.5 Å². The monoisotopic (exact) mass is 240 g/mol. The summed E-state index contributed by atoms with van der Waals surface area (Å²) < 4.78 is 0. The number of anilines is 1. The number of nitrogens with one attached hydrogen (secondary N) is 2. The van der Waals surface area contributed by atoms with Gasteiger partial charge in [-0.3, -0.25) is 4.79 Å². The van der Waals surface area contributed by atoms with E-state index in [9.17, 15) is 4.79 Å². The maximum atomic E-state index is 11.6. The van der Waals surface area contributed by atoms with Crippen molar-refractivity contribution in [1.29, 1.82) is 0 Å². The highest BCUT2D eigenvalue weighted by molar-refractivity contribution is 6.30. The summed E-state index contributed by atoms with van der Waals surface area (Å²) in [5.41, 5.74) is 1.81. The molecule has 0 aliphatic carbocycles. The Morgan fingerprint density at radius 2 is 2.19 bits per heavy atom. The molecule has 0 unspecified atom stereocenters. The van der Waals surface area contributed by atoms with Gasteiger partial charge in [0.25, 0.3) is 0 Å². The summed E-state index contributed by atoms with van der Waals surface area (Å²) in [6, 6.07) is 5.44. The number of aryl methyl sites for hydroxylation is 1. The number of benzene rings is 1. The predicted octanol–water partition coefficient (Wildman–Crippen LogP) is 2.59. The van der Waals surface area contributed by atoms with Gasteiger partial charge < -0.3 is 10.6 Å². The molecule has 3 nitrogen and oxygen atoms in total. The van der Waals surface area contributed by atoms with Crippen molar-refractivity contribution in [3.63, 3.8) is 0 Å². The Morgan fingerprint density at radius 1 is 1.44 bits per heavy atom. The van der Waals surface area contributed by atoms with Crippen LogP contribution < -0.4 is 10.6 Å². The first kappa shape index (κ1) is 13.0. The third kappa shape index (κ3) is 4.21. The summed E-state index contributed by atoms with van der Waals surface area (Å²) in [5.74, 6) is 0.0423. The molecule has 0 fully saturated rings. The Bertz CT molecular complexity index is 366. The van der Waals surface area contributed by atoms with Crippen LogP contribution in [-0.2, 0) is 4.79 Å². The van der Waals surface area contributed by atoms with Crippen molar-refractivity contribution in [1.82, 2.24) is 5.32 Å². The number of halogens is 1. The minimum atomic E-state index is 0.0423. The largest absolute Gasteiger partial charge is 0.326 e. The molecule has 0 aliphatic rings. The lowest BCUT2D eigenvalue weighted by molar-refractivity contribution is -0.116. The molecule has 0 saturated carbocycles. The van der Waals surface area contributed by atoms with Gasteiger partial charge in [0, 0.05) is 17.1 Å². The summed E-state index contributed by atoms with van der Waals surface area (Å²) in [5, 5.41) is 6.57. The van der Waals surface area contributed by atoms with Gasteiger partial charge in [-0.15, -0.1) is 0 Å². The van der Waals surface area contributed by atoms with Crippen molar-refractivity contribution in [3.8, 4) is 0 Å². The molecule has 0 aromatic heterocycles. The van der Waals surface area contributed by atoms with Crippen molar-refractivity contribution in [2.75, 3.05) is 18.9 Å². The van der Waals surface area contributed by atoms with Gasteiger partial charge in [-0.1, -0.05) is 11.6 Å². The molecule has 1 rings (SSSR count). The molecule has 1 aromatic rings. The molecule has 1 amide bonds. The summed E-state index contributed by atoms with van der Waals surface area (Å²) in [4.78, 5) is 11.6. The molecular formula is C12H17ClN2O. The molecule has 0 bridgehead atoms. The molecule has 1 aromatic carbocycles. The number of rotatable bonds is 5. The Labute approximate surface area is 101 Å². The minimum Gasteiger partial charge on any atom is -0.326 e. The lowest BCUT2D eigenvalue weighted by atomic mass is 10.2. The van der Waals surface area contributed by atoms with Crippen molar-refractivity contribution in [2.45, 2.75) is 19.8 Å². The maximum Gasteiger partial charge on any atom is 0.224 e. The molecule has 0 aliphatic heterocycles. The van der Waals surface area contributed by atoms with Crippen molar-refractivity contribution in [2.24, 2.45) is 0 Å². The SMILES string of the molecule is CNCCCC(=O)Nc1ccc(Cl)cc1C. The highest BCUT2D eigenvalue weighted by atomic mass is 35.5. The Balaban J connectivity index is 2.49. The van der Waals surface area contributed by atoms with E-state index in [1.807, 2.05) is 26.1 Å². The van der Waals surface area contributed by atoms with Gasteiger partial charge in [-0.25, -0.2) is 0 Å². The average molecular weight is 241 g/mol. The van der Waals surface area contributed by atoms with E-state index in [0.29, 0.717) is 11.4 Å². The van der Waals surface area contributed by atoms with E-state index < -0.39 is 0 Å². The van der Waals surface area contributed by atoms with Crippen LogP contribution in [0.25, 0.3) is 0 Å².